The van der Waals surface area contributed by atoms with Crippen LogP contribution in [0.3, 0.4) is 0 Å². The molecule has 2 aromatic heterocycles. The summed E-state index contributed by atoms with van der Waals surface area (Å²) in [6.07, 6.45) is -2.69. The minimum absolute atomic E-state index is 0.0750. The molecule has 0 spiro atoms. The molecule has 1 saturated heterocycles. The summed E-state index contributed by atoms with van der Waals surface area (Å²) in [6, 6.07) is 2.79. The molecule has 1 aliphatic carbocycles. The first kappa shape index (κ1) is 21.9. The van der Waals surface area contributed by atoms with Gasteiger partial charge in [-0.05, 0) is 37.3 Å². The van der Waals surface area contributed by atoms with Crippen LogP contribution in [0.25, 0.3) is 5.65 Å². The Labute approximate surface area is 175 Å². The Balaban J connectivity index is 1.47. The van der Waals surface area contributed by atoms with E-state index in [-0.39, 0.29) is 31.6 Å². The van der Waals surface area contributed by atoms with Crippen molar-refractivity contribution in [3.8, 4) is 0 Å². The predicted molar refractivity (Wildman–Crippen MR) is 101 cm³/mol. The normalized spacial score (nSPS) is 26.1. The first-order valence-electron chi connectivity index (χ1n) is 10.3. The molecule has 2 fully saturated rings. The van der Waals surface area contributed by atoms with E-state index in [1.807, 2.05) is 0 Å². The van der Waals surface area contributed by atoms with Crippen LogP contribution in [0, 0.1) is 17.8 Å². The molecule has 3 N–H and O–H groups in total. The molecule has 1 amide bonds. The Kier molecular flexibility index (Phi) is 5.65. The number of rotatable bonds is 4. The maximum Gasteiger partial charge on any atom is 0.393 e. The lowest BCUT2D eigenvalue weighted by atomic mass is 9.81. The van der Waals surface area contributed by atoms with E-state index >= 15 is 0 Å². The molecule has 2 aromatic rings. The number of nitrogens with zero attached hydrogens (tertiary/aromatic N) is 3. The van der Waals surface area contributed by atoms with Gasteiger partial charge >= 0.3 is 6.18 Å². The van der Waals surface area contributed by atoms with E-state index in [0.29, 0.717) is 29.9 Å². The van der Waals surface area contributed by atoms with Crippen molar-refractivity contribution in [2.45, 2.75) is 56.7 Å². The molecule has 2 unspecified atom stereocenters. The number of fused-ring (bicyclic) bond motifs is 1. The average Bonchev–Trinajstić information content (AvgIpc) is 3.11. The first-order valence-corrected chi connectivity index (χ1v) is 10.3. The number of piperidine rings is 1. The molecule has 3 atom stereocenters. The van der Waals surface area contributed by atoms with E-state index in [4.69, 9.17) is 5.73 Å². The summed E-state index contributed by atoms with van der Waals surface area (Å²) in [6.45, 7) is -0.402. The minimum atomic E-state index is -4.36. The van der Waals surface area contributed by atoms with Crippen molar-refractivity contribution in [1.29, 1.82) is 0 Å². The predicted octanol–water partition coefficient (Wildman–Crippen LogP) is 3.41. The Hall–Kier alpha value is -2.30. The SMILES string of the molecule is NC(c1cn2nc(CC3C[C@@H](C(F)(F)F)CNC3=O)ccc2n1)C1CCC(F)(F)CC1. The van der Waals surface area contributed by atoms with Crippen LogP contribution >= 0.6 is 0 Å². The van der Waals surface area contributed by atoms with Crippen LogP contribution in [-0.4, -0.2) is 39.1 Å². The van der Waals surface area contributed by atoms with Gasteiger partial charge in [0.05, 0.1) is 29.5 Å². The number of nitrogens with two attached hydrogens (primary N) is 1. The molecular formula is C20H24F5N5O. The lowest BCUT2D eigenvalue weighted by molar-refractivity contribution is -0.183. The summed E-state index contributed by atoms with van der Waals surface area (Å²) in [7, 11) is 0. The zero-order chi connectivity index (χ0) is 22.4. The largest absolute Gasteiger partial charge is 0.393 e. The van der Waals surface area contributed by atoms with Crippen LogP contribution < -0.4 is 11.1 Å². The maximum atomic E-state index is 13.4. The monoisotopic (exact) mass is 445 g/mol. The van der Waals surface area contributed by atoms with E-state index in [2.05, 4.69) is 15.4 Å². The zero-order valence-electron chi connectivity index (χ0n) is 16.7. The average molecular weight is 445 g/mol. The molecule has 1 aliphatic heterocycles. The summed E-state index contributed by atoms with van der Waals surface area (Å²) >= 11 is 0. The van der Waals surface area contributed by atoms with Crippen LogP contribution in [-0.2, 0) is 11.2 Å². The fraction of sp³-hybridized carbons (Fsp3) is 0.650. The molecule has 170 valence electrons. The number of carbonyl (C=O) groups excluding carboxylic acids is 1. The molecule has 6 nitrogen and oxygen atoms in total. The van der Waals surface area contributed by atoms with Crippen LogP contribution in [0.1, 0.15) is 49.5 Å². The van der Waals surface area contributed by atoms with Crippen molar-refractivity contribution in [2.75, 3.05) is 6.54 Å². The third-order valence-corrected chi connectivity index (χ3v) is 6.39. The Morgan fingerprint density at radius 3 is 2.65 bits per heavy atom. The number of aromatic nitrogens is 3. The second-order valence-corrected chi connectivity index (χ2v) is 8.63. The van der Waals surface area contributed by atoms with Gasteiger partial charge in [0.15, 0.2) is 5.65 Å². The van der Waals surface area contributed by atoms with E-state index in [1.54, 1.807) is 18.3 Å². The molecule has 0 aromatic carbocycles. The van der Waals surface area contributed by atoms with Crippen molar-refractivity contribution in [2.24, 2.45) is 23.5 Å². The molecule has 4 rings (SSSR count). The standard InChI is InChI=1S/C20H24F5N5O/c21-19(22)5-3-11(4-6-19)17(26)15-10-30-16(28-15)2-1-14(29-30)8-12-7-13(20(23,24)25)9-27-18(12)31/h1-2,10-13,17H,3-9,26H2,(H,27,31)/t12?,13-,17?/m1/s1. The number of alkyl halides is 5. The highest BCUT2D eigenvalue weighted by atomic mass is 19.4. The van der Waals surface area contributed by atoms with Gasteiger partial charge in [0.1, 0.15) is 0 Å². The molecular weight excluding hydrogens is 421 g/mol. The fourth-order valence-corrected chi connectivity index (χ4v) is 4.45. The number of carbonyl (C=O) groups is 1. The van der Waals surface area contributed by atoms with Crippen molar-refractivity contribution < 1.29 is 26.7 Å². The van der Waals surface area contributed by atoms with E-state index in [1.165, 1.54) is 4.52 Å². The summed E-state index contributed by atoms with van der Waals surface area (Å²) < 4.78 is 67.4. The second kappa shape index (κ2) is 7.99. The summed E-state index contributed by atoms with van der Waals surface area (Å²) in [5.74, 6) is -5.54. The molecule has 0 radical (unpaired) electrons. The van der Waals surface area contributed by atoms with Gasteiger partial charge < -0.3 is 11.1 Å². The lowest BCUT2D eigenvalue weighted by Crippen LogP contribution is -2.47. The molecule has 31 heavy (non-hydrogen) atoms. The highest BCUT2D eigenvalue weighted by Crippen LogP contribution is 2.40. The van der Waals surface area contributed by atoms with Crippen LogP contribution in [0.5, 0.6) is 0 Å². The van der Waals surface area contributed by atoms with E-state index in [9.17, 15) is 26.7 Å². The van der Waals surface area contributed by atoms with E-state index < -0.39 is 42.4 Å². The van der Waals surface area contributed by atoms with Crippen molar-refractivity contribution in [1.82, 2.24) is 19.9 Å². The minimum Gasteiger partial charge on any atom is -0.355 e. The van der Waals surface area contributed by atoms with Gasteiger partial charge in [-0.3, -0.25) is 4.79 Å². The Morgan fingerprint density at radius 2 is 1.97 bits per heavy atom. The second-order valence-electron chi connectivity index (χ2n) is 8.63. The molecule has 2 aliphatic rings. The smallest absolute Gasteiger partial charge is 0.355 e. The van der Waals surface area contributed by atoms with Crippen LogP contribution in [0.2, 0.25) is 0 Å². The molecule has 3 heterocycles. The number of hydrogen-bond acceptors (Lipinski definition) is 4. The highest BCUT2D eigenvalue weighted by Gasteiger charge is 2.44. The number of amides is 1. The summed E-state index contributed by atoms with van der Waals surface area (Å²) in [4.78, 5) is 16.5. The third kappa shape index (κ3) is 4.81. The number of imidazole rings is 1. The Bertz CT molecular complexity index is 949. The van der Waals surface area contributed by atoms with Gasteiger partial charge in [0, 0.05) is 31.7 Å². The zero-order valence-corrected chi connectivity index (χ0v) is 16.7. The van der Waals surface area contributed by atoms with Gasteiger partial charge in [-0.25, -0.2) is 18.3 Å². The highest BCUT2D eigenvalue weighted by molar-refractivity contribution is 5.79. The molecule has 0 bridgehead atoms. The third-order valence-electron chi connectivity index (χ3n) is 6.39. The van der Waals surface area contributed by atoms with Crippen LogP contribution in [0.15, 0.2) is 18.3 Å². The van der Waals surface area contributed by atoms with Gasteiger partial charge in [0.25, 0.3) is 0 Å². The molecule has 1 saturated carbocycles. The quantitative estimate of drug-likeness (QED) is 0.707. The fourth-order valence-electron chi connectivity index (χ4n) is 4.45. The van der Waals surface area contributed by atoms with Crippen molar-refractivity contribution in [3.63, 3.8) is 0 Å². The van der Waals surface area contributed by atoms with Gasteiger partial charge in [-0.2, -0.15) is 18.3 Å². The summed E-state index contributed by atoms with van der Waals surface area (Å²) in [5, 5.41) is 6.71. The Morgan fingerprint density at radius 1 is 1.26 bits per heavy atom. The topological polar surface area (TPSA) is 85.3 Å². The molecule has 11 heteroatoms. The number of halogens is 5. The number of nitrogens with one attached hydrogen (secondary N) is 1. The van der Waals surface area contributed by atoms with Crippen molar-refractivity contribution >= 4 is 11.6 Å². The summed E-state index contributed by atoms with van der Waals surface area (Å²) in [5.41, 5.74) is 7.77. The van der Waals surface area contributed by atoms with Gasteiger partial charge in [-0.1, -0.05) is 0 Å². The van der Waals surface area contributed by atoms with Crippen LogP contribution in [0.4, 0.5) is 22.0 Å². The first-order chi connectivity index (χ1) is 14.5. The maximum absolute atomic E-state index is 13.4. The van der Waals surface area contributed by atoms with Gasteiger partial charge in [0.2, 0.25) is 11.8 Å². The van der Waals surface area contributed by atoms with Crippen molar-refractivity contribution in [3.05, 3.63) is 29.7 Å². The van der Waals surface area contributed by atoms with Gasteiger partial charge in [-0.15, -0.1) is 0 Å². The number of hydrogen-bond donors (Lipinski definition) is 2. The van der Waals surface area contributed by atoms with E-state index in [0.717, 1.165) is 0 Å². The lowest BCUT2D eigenvalue weighted by Gasteiger charge is -2.31.